The molecule has 0 radical (unpaired) electrons. The van der Waals surface area contributed by atoms with E-state index < -0.39 is 34.4 Å². The average Bonchev–Trinajstić information content (AvgIpc) is 3.33. The molecule has 1 aromatic carbocycles. The van der Waals surface area contributed by atoms with Gasteiger partial charge in [0.05, 0.1) is 9.46 Å². The minimum atomic E-state index is -1.06. The number of nitrogens with two attached hydrogens (primary N) is 1. The molecule has 3 aromatic rings. The monoisotopic (exact) mass is 498 g/mol. The maximum Gasteiger partial charge on any atom is 0.318 e. The van der Waals surface area contributed by atoms with E-state index in [-0.39, 0.29) is 20.7 Å². The second kappa shape index (κ2) is 9.89. The van der Waals surface area contributed by atoms with E-state index in [1.807, 2.05) is 5.32 Å². The predicted octanol–water partition coefficient (Wildman–Crippen LogP) is 1.50. The Kier molecular flexibility index (Phi) is 7.15. The van der Waals surface area contributed by atoms with Gasteiger partial charge in [0.2, 0.25) is 5.91 Å². The number of non-ortho nitro benzene ring substituents is 1. The summed E-state index contributed by atoms with van der Waals surface area (Å²) in [5.41, 5.74) is 4.24. The molecule has 0 unspecified atom stereocenters. The number of aromatic nitrogens is 1. The van der Waals surface area contributed by atoms with Crippen LogP contribution in [0.25, 0.3) is 23.5 Å². The molecule has 3 N–H and O–H groups in total. The number of amides is 3. The Morgan fingerprint density at radius 3 is 2.40 bits per heavy atom. The van der Waals surface area contributed by atoms with Gasteiger partial charge >= 0.3 is 6.03 Å². The third kappa shape index (κ3) is 6.18. The number of carbonyl (C=O) groups excluding carboxylic acids is 3. The molecule has 0 bridgehead atoms. The minimum Gasteiger partial charge on any atom is -0.457 e. The molecule has 12 heteroatoms. The van der Waals surface area contributed by atoms with Gasteiger partial charge in [-0.2, -0.15) is 0 Å². The topological polar surface area (TPSA) is 168 Å². The van der Waals surface area contributed by atoms with Crippen molar-refractivity contribution in [1.82, 2.24) is 9.88 Å². The van der Waals surface area contributed by atoms with E-state index in [0.29, 0.717) is 17.1 Å². The normalized spacial score (nSPS) is 12.5. The van der Waals surface area contributed by atoms with E-state index in [4.69, 9.17) is 10.2 Å². The number of rotatable bonds is 6. The Hall–Kier alpha value is -4.32. The molecule has 2 heterocycles. The molecule has 0 spiro atoms. The van der Waals surface area contributed by atoms with Crippen LogP contribution in [0.3, 0.4) is 0 Å². The van der Waals surface area contributed by atoms with Gasteiger partial charge in [0.25, 0.3) is 11.2 Å². The lowest BCUT2D eigenvalue weighted by Gasteiger charge is -2.12. The van der Waals surface area contributed by atoms with E-state index >= 15 is 0 Å². The van der Waals surface area contributed by atoms with Crippen LogP contribution in [0.2, 0.25) is 0 Å². The van der Waals surface area contributed by atoms with E-state index in [1.165, 1.54) is 24.3 Å². The Morgan fingerprint density at radius 1 is 1.17 bits per heavy atom. The zero-order valence-electron chi connectivity index (χ0n) is 19.1. The van der Waals surface area contributed by atoms with Crippen LogP contribution in [0.15, 0.2) is 45.6 Å². The van der Waals surface area contributed by atoms with Crippen LogP contribution in [0.4, 0.5) is 10.5 Å². The summed E-state index contributed by atoms with van der Waals surface area (Å²) in [4.78, 5) is 59.0. The van der Waals surface area contributed by atoms with Crippen molar-refractivity contribution in [2.45, 2.75) is 27.3 Å². The van der Waals surface area contributed by atoms with Gasteiger partial charge in [-0.1, -0.05) is 20.8 Å². The summed E-state index contributed by atoms with van der Waals surface area (Å²) in [6.07, 6.45) is 2.74. The number of primary amides is 1. The molecule has 0 atom stereocenters. The maximum absolute atomic E-state index is 13.0. The number of hydrogen-bond donors (Lipinski definition) is 2. The summed E-state index contributed by atoms with van der Waals surface area (Å²) >= 11 is 0.984. The highest BCUT2D eigenvalue weighted by molar-refractivity contribution is 7.07. The molecule has 0 aliphatic rings. The Bertz CT molecular complexity index is 1490. The summed E-state index contributed by atoms with van der Waals surface area (Å²) in [7, 11) is 0. The van der Waals surface area contributed by atoms with Crippen LogP contribution in [0, 0.1) is 15.5 Å². The van der Waals surface area contributed by atoms with Crippen LogP contribution < -0.4 is 25.8 Å². The van der Waals surface area contributed by atoms with Gasteiger partial charge in [-0.05, 0) is 24.3 Å². The maximum atomic E-state index is 13.0. The Balaban J connectivity index is 2.05. The number of benzene rings is 1. The third-order valence-electron chi connectivity index (χ3n) is 4.76. The van der Waals surface area contributed by atoms with Crippen LogP contribution in [0.1, 0.15) is 26.5 Å². The Labute approximate surface area is 202 Å². The largest absolute Gasteiger partial charge is 0.457 e. The predicted molar refractivity (Wildman–Crippen MR) is 129 cm³/mol. The molecule has 0 saturated carbocycles. The number of Topliss-reactive ketones (excluding diaryl/α,β-unsaturated/α-hetero) is 1. The molecule has 35 heavy (non-hydrogen) atoms. The highest BCUT2D eigenvalue weighted by Crippen LogP contribution is 2.24. The first kappa shape index (κ1) is 25.3. The summed E-state index contributed by atoms with van der Waals surface area (Å²) in [6.45, 7) is 4.65. The molecule has 0 fully saturated rings. The molecule has 0 saturated heterocycles. The second-order valence-electron chi connectivity index (χ2n) is 8.52. The number of thiazole rings is 1. The fourth-order valence-electron chi connectivity index (χ4n) is 2.90. The van der Waals surface area contributed by atoms with Crippen molar-refractivity contribution >= 4 is 46.9 Å². The average molecular weight is 499 g/mol. The van der Waals surface area contributed by atoms with Crippen LogP contribution in [-0.2, 0) is 16.1 Å². The standard InChI is InChI=1S/C23H22N4O7S/c1-23(2,3)18(28)11-20-26(12-19(29)25-22(24)31)21(30)17(35-20)10-15-8-9-16(34-15)13-4-6-14(7-5-13)27(32)33/h4-11H,12H2,1-3H3,(H3,24,25,29,31)/b17-10-,20-11+. The number of urea groups is 1. The van der Waals surface area contributed by atoms with Crippen LogP contribution >= 0.6 is 11.3 Å². The smallest absolute Gasteiger partial charge is 0.318 e. The van der Waals surface area contributed by atoms with Crippen molar-refractivity contribution in [3.05, 3.63) is 71.8 Å². The lowest BCUT2D eigenvalue weighted by atomic mass is 9.91. The summed E-state index contributed by atoms with van der Waals surface area (Å²) in [6, 6.07) is 7.99. The SMILES string of the molecule is CC(C)(C)C(=O)/C=c1/s/c(=C\c2ccc(-c3ccc([N+](=O)[O-])cc3)o2)c(=O)n1CC(=O)NC(N)=O. The lowest BCUT2D eigenvalue weighted by molar-refractivity contribution is -0.384. The number of nitro benzene ring substituents is 1. The number of nitrogens with zero attached hydrogens (tertiary/aromatic N) is 2. The molecule has 11 nitrogen and oxygen atoms in total. The van der Waals surface area contributed by atoms with Crippen LogP contribution in [-0.4, -0.2) is 27.2 Å². The van der Waals surface area contributed by atoms with Crippen LogP contribution in [0.5, 0.6) is 0 Å². The lowest BCUT2D eigenvalue weighted by Crippen LogP contribution is -2.42. The first-order valence-corrected chi connectivity index (χ1v) is 11.1. The van der Waals surface area contributed by atoms with E-state index in [1.54, 1.807) is 45.0 Å². The number of carbonyl (C=O) groups is 3. The van der Waals surface area contributed by atoms with E-state index in [2.05, 4.69) is 0 Å². The van der Waals surface area contributed by atoms with Gasteiger partial charge in [0, 0.05) is 35.3 Å². The molecular formula is C23H22N4O7S. The first-order chi connectivity index (χ1) is 16.3. The summed E-state index contributed by atoms with van der Waals surface area (Å²) in [5.74, 6) is -0.314. The zero-order chi connectivity index (χ0) is 25.9. The van der Waals surface area contributed by atoms with Crippen molar-refractivity contribution < 1.29 is 23.7 Å². The number of imide groups is 1. The molecule has 0 aliphatic carbocycles. The first-order valence-electron chi connectivity index (χ1n) is 10.3. The highest BCUT2D eigenvalue weighted by Gasteiger charge is 2.20. The van der Waals surface area contributed by atoms with Gasteiger partial charge < -0.3 is 10.2 Å². The molecule has 3 rings (SSSR count). The van der Waals surface area contributed by atoms with Crippen molar-refractivity contribution in [1.29, 1.82) is 0 Å². The van der Waals surface area contributed by atoms with Crippen molar-refractivity contribution in [3.8, 4) is 11.3 Å². The molecule has 3 amide bonds. The third-order valence-corrected chi connectivity index (χ3v) is 5.82. The van der Waals surface area contributed by atoms with Gasteiger partial charge in [-0.3, -0.25) is 34.4 Å². The fourth-order valence-corrected chi connectivity index (χ4v) is 3.93. The molecule has 2 aromatic heterocycles. The van der Waals surface area contributed by atoms with Crippen molar-refractivity contribution in [2.75, 3.05) is 0 Å². The van der Waals surface area contributed by atoms with Gasteiger partial charge in [-0.15, -0.1) is 11.3 Å². The number of ketones is 1. The molecule has 0 aliphatic heterocycles. The van der Waals surface area contributed by atoms with Crippen molar-refractivity contribution in [3.63, 3.8) is 0 Å². The number of hydrogen-bond acceptors (Lipinski definition) is 8. The quantitative estimate of drug-likeness (QED) is 0.383. The summed E-state index contributed by atoms with van der Waals surface area (Å²) < 4.78 is 7.26. The van der Waals surface area contributed by atoms with E-state index in [9.17, 15) is 29.3 Å². The number of furan rings is 1. The van der Waals surface area contributed by atoms with Crippen molar-refractivity contribution in [2.24, 2.45) is 11.1 Å². The molecule has 182 valence electrons. The van der Waals surface area contributed by atoms with Gasteiger partial charge in [-0.25, -0.2) is 4.79 Å². The fraction of sp³-hybridized carbons (Fsp3) is 0.217. The van der Waals surface area contributed by atoms with Gasteiger partial charge in [0.15, 0.2) is 5.78 Å². The van der Waals surface area contributed by atoms with Gasteiger partial charge in [0.1, 0.15) is 22.7 Å². The second-order valence-corrected chi connectivity index (χ2v) is 9.58. The Morgan fingerprint density at radius 2 is 1.83 bits per heavy atom. The zero-order valence-corrected chi connectivity index (χ0v) is 19.9. The summed E-state index contributed by atoms with van der Waals surface area (Å²) in [5, 5.41) is 12.7. The minimum absolute atomic E-state index is 0.0554. The number of nitro groups is 1. The molecular weight excluding hydrogens is 476 g/mol. The number of nitrogens with one attached hydrogen (secondary N) is 1. The van der Waals surface area contributed by atoms with E-state index in [0.717, 1.165) is 15.9 Å². The highest BCUT2D eigenvalue weighted by atomic mass is 32.1.